The zero-order chi connectivity index (χ0) is 27.4. The largest absolute Gasteiger partial charge is 0.486 e. The van der Waals surface area contributed by atoms with Gasteiger partial charge >= 0.3 is 5.91 Å². The first kappa shape index (κ1) is 25.9. The zero-order valence-corrected chi connectivity index (χ0v) is 22.6. The van der Waals surface area contributed by atoms with Crippen molar-refractivity contribution in [1.82, 2.24) is 14.6 Å². The fraction of sp³-hybridized carbons (Fsp3) is 0.188. The number of ether oxygens (including phenoxy) is 1. The second-order valence-electron chi connectivity index (χ2n) is 9.60. The van der Waals surface area contributed by atoms with E-state index in [9.17, 15) is 4.79 Å². The van der Waals surface area contributed by atoms with Gasteiger partial charge in [0.1, 0.15) is 18.1 Å². The van der Waals surface area contributed by atoms with E-state index < -0.39 is 5.91 Å². The summed E-state index contributed by atoms with van der Waals surface area (Å²) < 4.78 is 16.0. The van der Waals surface area contributed by atoms with Crippen molar-refractivity contribution in [2.45, 2.75) is 40.8 Å². The van der Waals surface area contributed by atoms with Crippen molar-refractivity contribution in [2.75, 3.05) is 0 Å². The summed E-state index contributed by atoms with van der Waals surface area (Å²) in [6.07, 6.45) is 1.66. The monoisotopic (exact) mass is 520 g/mol. The number of hydrogen-bond acceptors (Lipinski definition) is 4. The molecule has 198 valence electrons. The molecule has 0 aliphatic carbocycles. The number of aromatic nitrogens is 2. The SMILES string of the molecule is Cc1cc(/C=N/NC(=O)c2ccc(COc3ccc(-n4c(C)ccc4C)cc3)o2)c(C)n1Cc1ccccc1. The van der Waals surface area contributed by atoms with Gasteiger partial charge in [-0.1, -0.05) is 30.3 Å². The maximum Gasteiger partial charge on any atom is 0.307 e. The highest BCUT2D eigenvalue weighted by molar-refractivity contribution is 5.92. The van der Waals surface area contributed by atoms with Crippen LogP contribution in [-0.2, 0) is 13.2 Å². The number of hydrazone groups is 1. The van der Waals surface area contributed by atoms with Crippen LogP contribution in [-0.4, -0.2) is 21.3 Å². The summed E-state index contributed by atoms with van der Waals surface area (Å²) in [7, 11) is 0. The Morgan fingerprint density at radius 2 is 1.62 bits per heavy atom. The van der Waals surface area contributed by atoms with Crippen LogP contribution in [0.15, 0.2) is 94.4 Å². The Hall–Kier alpha value is -4.78. The van der Waals surface area contributed by atoms with Crippen molar-refractivity contribution in [2.24, 2.45) is 5.10 Å². The molecule has 0 saturated carbocycles. The van der Waals surface area contributed by atoms with Crippen LogP contribution in [0, 0.1) is 27.7 Å². The van der Waals surface area contributed by atoms with Gasteiger partial charge in [0.05, 0.1) is 6.21 Å². The molecule has 3 heterocycles. The highest BCUT2D eigenvalue weighted by Crippen LogP contribution is 2.21. The van der Waals surface area contributed by atoms with Crippen LogP contribution < -0.4 is 10.2 Å². The van der Waals surface area contributed by atoms with E-state index in [1.807, 2.05) is 49.4 Å². The molecule has 0 saturated heterocycles. The highest BCUT2D eigenvalue weighted by atomic mass is 16.5. The number of benzene rings is 2. The quantitative estimate of drug-likeness (QED) is 0.178. The molecule has 0 unspecified atom stereocenters. The number of furan rings is 1. The number of aryl methyl sites for hydroxylation is 3. The molecule has 5 aromatic rings. The maximum atomic E-state index is 12.6. The Labute approximate surface area is 228 Å². The molecule has 0 aliphatic rings. The zero-order valence-electron chi connectivity index (χ0n) is 22.6. The molecule has 39 heavy (non-hydrogen) atoms. The van der Waals surface area contributed by atoms with Crippen molar-refractivity contribution < 1.29 is 13.9 Å². The molecular formula is C32H32N4O3. The van der Waals surface area contributed by atoms with Gasteiger partial charge in [-0.25, -0.2) is 5.43 Å². The first-order chi connectivity index (χ1) is 18.9. The summed E-state index contributed by atoms with van der Waals surface area (Å²) in [5.41, 5.74) is 10.4. The number of rotatable bonds is 9. The summed E-state index contributed by atoms with van der Waals surface area (Å²) in [6, 6.07) is 27.8. The molecule has 7 heteroatoms. The molecule has 2 aromatic carbocycles. The van der Waals surface area contributed by atoms with Gasteiger partial charge in [0, 0.05) is 40.6 Å². The summed E-state index contributed by atoms with van der Waals surface area (Å²) in [6.45, 7) is 9.28. The topological polar surface area (TPSA) is 73.7 Å². The van der Waals surface area contributed by atoms with Crippen molar-refractivity contribution in [3.63, 3.8) is 0 Å². The van der Waals surface area contributed by atoms with E-state index in [-0.39, 0.29) is 12.4 Å². The first-order valence-electron chi connectivity index (χ1n) is 12.9. The Bertz CT molecular complexity index is 1590. The lowest BCUT2D eigenvalue weighted by atomic mass is 10.2. The van der Waals surface area contributed by atoms with E-state index in [2.05, 4.69) is 70.8 Å². The highest BCUT2D eigenvalue weighted by Gasteiger charge is 2.12. The van der Waals surface area contributed by atoms with Crippen LogP contribution in [0.1, 0.15) is 50.2 Å². The molecule has 5 rings (SSSR count). The van der Waals surface area contributed by atoms with E-state index in [1.54, 1.807) is 18.3 Å². The molecule has 0 aliphatic heterocycles. The lowest BCUT2D eigenvalue weighted by molar-refractivity contribution is 0.0923. The van der Waals surface area contributed by atoms with Gasteiger partial charge in [-0.15, -0.1) is 0 Å². The maximum absolute atomic E-state index is 12.6. The third kappa shape index (κ3) is 5.88. The fourth-order valence-electron chi connectivity index (χ4n) is 4.68. The van der Waals surface area contributed by atoms with E-state index in [0.717, 1.165) is 34.9 Å². The van der Waals surface area contributed by atoms with Crippen molar-refractivity contribution in [1.29, 1.82) is 0 Å². The average molecular weight is 521 g/mol. The van der Waals surface area contributed by atoms with E-state index in [1.165, 1.54) is 17.0 Å². The van der Waals surface area contributed by atoms with Gasteiger partial charge in [-0.05, 0) is 87.9 Å². The third-order valence-corrected chi connectivity index (χ3v) is 6.80. The van der Waals surface area contributed by atoms with Crippen LogP contribution in [0.5, 0.6) is 5.75 Å². The number of carbonyl (C=O) groups is 1. The minimum atomic E-state index is -0.419. The first-order valence-corrected chi connectivity index (χ1v) is 12.9. The van der Waals surface area contributed by atoms with Crippen molar-refractivity contribution in [3.05, 3.63) is 130 Å². The number of nitrogens with one attached hydrogen (secondary N) is 1. The molecule has 0 fully saturated rings. The number of hydrogen-bond donors (Lipinski definition) is 1. The minimum absolute atomic E-state index is 0.175. The summed E-state index contributed by atoms with van der Waals surface area (Å²) >= 11 is 0. The Morgan fingerprint density at radius 1 is 0.897 bits per heavy atom. The normalized spacial score (nSPS) is 11.3. The average Bonchev–Trinajstić information content (AvgIpc) is 3.63. The number of amides is 1. The van der Waals surface area contributed by atoms with E-state index in [4.69, 9.17) is 9.15 Å². The van der Waals surface area contributed by atoms with Gasteiger partial charge < -0.3 is 18.3 Å². The lowest BCUT2D eigenvalue weighted by Crippen LogP contribution is -2.16. The fourth-order valence-corrected chi connectivity index (χ4v) is 4.68. The summed E-state index contributed by atoms with van der Waals surface area (Å²) in [5.74, 6) is 1.03. The van der Waals surface area contributed by atoms with Gasteiger partial charge in [-0.3, -0.25) is 4.79 Å². The number of nitrogens with zero attached hydrogens (tertiary/aromatic N) is 3. The Balaban J connectivity index is 1.15. The predicted molar refractivity (Wildman–Crippen MR) is 153 cm³/mol. The second-order valence-corrected chi connectivity index (χ2v) is 9.60. The predicted octanol–water partition coefficient (Wildman–Crippen LogP) is 6.50. The van der Waals surface area contributed by atoms with Gasteiger partial charge in [0.25, 0.3) is 0 Å². The third-order valence-electron chi connectivity index (χ3n) is 6.80. The molecular weight excluding hydrogens is 488 g/mol. The Morgan fingerprint density at radius 3 is 2.33 bits per heavy atom. The molecule has 1 N–H and O–H groups in total. The lowest BCUT2D eigenvalue weighted by Gasteiger charge is -2.10. The molecule has 0 spiro atoms. The second kappa shape index (κ2) is 11.3. The molecule has 0 atom stereocenters. The van der Waals surface area contributed by atoms with E-state index in [0.29, 0.717) is 5.76 Å². The Kier molecular flexibility index (Phi) is 7.50. The van der Waals surface area contributed by atoms with Crippen LogP contribution in [0.3, 0.4) is 0 Å². The van der Waals surface area contributed by atoms with Gasteiger partial charge in [0.2, 0.25) is 0 Å². The summed E-state index contributed by atoms with van der Waals surface area (Å²) in [4.78, 5) is 12.6. The van der Waals surface area contributed by atoms with E-state index >= 15 is 0 Å². The van der Waals surface area contributed by atoms with Crippen LogP contribution in [0.25, 0.3) is 5.69 Å². The summed E-state index contributed by atoms with van der Waals surface area (Å²) in [5, 5.41) is 4.15. The molecule has 1 amide bonds. The standard InChI is InChI=1S/C32H32N4O3/c1-22-10-11-23(2)36(22)28-12-14-29(15-13-28)38-21-30-16-17-31(39-30)32(37)34-33-19-27-18-24(3)35(25(27)4)20-26-8-6-5-7-9-26/h5-19H,20-21H2,1-4H3,(H,34,37)/b33-19+. The minimum Gasteiger partial charge on any atom is -0.486 e. The molecule has 3 aromatic heterocycles. The van der Waals surface area contributed by atoms with Crippen LogP contribution in [0.2, 0.25) is 0 Å². The number of carbonyl (C=O) groups excluding carboxylic acids is 1. The van der Waals surface area contributed by atoms with Gasteiger partial charge in [0.15, 0.2) is 5.76 Å². The van der Waals surface area contributed by atoms with Crippen LogP contribution >= 0.6 is 0 Å². The molecule has 7 nitrogen and oxygen atoms in total. The van der Waals surface area contributed by atoms with Crippen molar-refractivity contribution >= 4 is 12.1 Å². The van der Waals surface area contributed by atoms with Gasteiger partial charge in [-0.2, -0.15) is 5.10 Å². The van der Waals surface area contributed by atoms with Crippen molar-refractivity contribution in [3.8, 4) is 11.4 Å². The smallest absolute Gasteiger partial charge is 0.307 e. The van der Waals surface area contributed by atoms with Crippen LogP contribution in [0.4, 0.5) is 0 Å². The molecule has 0 radical (unpaired) electrons. The molecule has 0 bridgehead atoms.